The summed E-state index contributed by atoms with van der Waals surface area (Å²) >= 11 is 0. The predicted octanol–water partition coefficient (Wildman–Crippen LogP) is 3.83. The van der Waals surface area contributed by atoms with Gasteiger partial charge in [-0.2, -0.15) is 0 Å². The summed E-state index contributed by atoms with van der Waals surface area (Å²) in [6.45, 7) is 2.59. The number of amides is 2. The Hall–Kier alpha value is -3.32. The number of esters is 1. The molecule has 1 saturated heterocycles. The fourth-order valence-electron chi connectivity index (χ4n) is 3.62. The molecule has 0 radical (unpaired) electrons. The van der Waals surface area contributed by atoms with Crippen LogP contribution in [-0.4, -0.2) is 31.3 Å². The smallest absolute Gasteiger partial charge is 0.338 e. The maximum Gasteiger partial charge on any atom is 0.338 e. The third-order valence-electron chi connectivity index (χ3n) is 5.08. The molecule has 2 atom stereocenters. The summed E-state index contributed by atoms with van der Waals surface area (Å²) in [7, 11) is 0. The van der Waals surface area contributed by atoms with Crippen molar-refractivity contribution < 1.29 is 23.8 Å². The van der Waals surface area contributed by atoms with Gasteiger partial charge in [-0.05, 0) is 49.6 Å². The van der Waals surface area contributed by atoms with Gasteiger partial charge in [0.15, 0.2) is 0 Å². The Morgan fingerprint density at radius 2 is 1.93 bits per heavy atom. The Balaban J connectivity index is 1.55. The van der Waals surface area contributed by atoms with E-state index in [1.54, 1.807) is 6.92 Å². The van der Waals surface area contributed by atoms with Gasteiger partial charge in [0.05, 0.1) is 17.7 Å². The molecular formula is C23H24N2O5. The van der Waals surface area contributed by atoms with Gasteiger partial charge in [-0.3, -0.25) is 0 Å². The summed E-state index contributed by atoms with van der Waals surface area (Å²) in [4.78, 5) is 25.0. The zero-order chi connectivity index (χ0) is 20.9. The monoisotopic (exact) mass is 408 g/mol. The zero-order valence-electron chi connectivity index (χ0n) is 16.7. The van der Waals surface area contributed by atoms with Gasteiger partial charge in [0.25, 0.3) is 0 Å². The van der Waals surface area contributed by atoms with Gasteiger partial charge >= 0.3 is 12.0 Å². The molecule has 2 aromatic rings. The number of hydrogen-bond donors (Lipinski definition) is 2. The molecule has 2 heterocycles. The molecule has 2 aliphatic heterocycles. The number of allylic oxidation sites excluding steroid dienone is 1. The number of nitrogens with one attached hydrogen (secondary N) is 2. The van der Waals surface area contributed by atoms with E-state index in [2.05, 4.69) is 10.6 Å². The van der Waals surface area contributed by atoms with Crippen molar-refractivity contribution >= 4 is 12.0 Å². The second-order valence-electron chi connectivity index (χ2n) is 7.29. The van der Waals surface area contributed by atoms with Crippen LogP contribution in [0.1, 0.15) is 31.4 Å². The molecule has 0 bridgehead atoms. The third-order valence-corrected chi connectivity index (χ3v) is 5.08. The van der Waals surface area contributed by atoms with Crippen LogP contribution in [0.4, 0.5) is 4.79 Å². The van der Waals surface area contributed by atoms with Crippen LogP contribution in [0.15, 0.2) is 65.9 Å². The summed E-state index contributed by atoms with van der Waals surface area (Å²) in [5.74, 6) is 0.831. The zero-order valence-corrected chi connectivity index (χ0v) is 16.7. The summed E-state index contributed by atoms with van der Waals surface area (Å²) in [6, 6.07) is 15.7. The van der Waals surface area contributed by atoms with Gasteiger partial charge in [-0.1, -0.05) is 30.3 Å². The Labute approximate surface area is 175 Å². The quantitative estimate of drug-likeness (QED) is 0.710. The second kappa shape index (κ2) is 9.00. The minimum Gasteiger partial charge on any atom is -0.459 e. The molecular weight excluding hydrogens is 384 g/mol. The molecule has 30 heavy (non-hydrogen) atoms. The minimum atomic E-state index is -0.643. The van der Waals surface area contributed by atoms with Gasteiger partial charge < -0.3 is 24.8 Å². The average molecular weight is 408 g/mol. The van der Waals surface area contributed by atoms with E-state index in [4.69, 9.17) is 14.2 Å². The molecule has 0 saturated carbocycles. The van der Waals surface area contributed by atoms with E-state index in [1.165, 1.54) is 0 Å². The van der Waals surface area contributed by atoms with Crippen molar-refractivity contribution in [1.29, 1.82) is 0 Å². The number of benzene rings is 2. The first kappa shape index (κ1) is 20.0. The van der Waals surface area contributed by atoms with Crippen LogP contribution in [0.5, 0.6) is 11.5 Å². The number of rotatable bonds is 6. The molecule has 4 rings (SSSR count). The minimum absolute atomic E-state index is 0.0675. The van der Waals surface area contributed by atoms with E-state index in [0.29, 0.717) is 29.4 Å². The van der Waals surface area contributed by atoms with Crippen molar-refractivity contribution in [2.45, 2.75) is 31.9 Å². The Morgan fingerprint density at radius 3 is 2.70 bits per heavy atom. The highest BCUT2D eigenvalue weighted by Crippen LogP contribution is 2.31. The number of para-hydroxylation sites is 1. The molecule has 156 valence electrons. The predicted molar refractivity (Wildman–Crippen MR) is 110 cm³/mol. The van der Waals surface area contributed by atoms with Crippen LogP contribution in [0.3, 0.4) is 0 Å². The largest absolute Gasteiger partial charge is 0.459 e. The van der Waals surface area contributed by atoms with E-state index < -0.39 is 12.0 Å². The van der Waals surface area contributed by atoms with Crippen molar-refractivity contribution in [2.75, 3.05) is 13.2 Å². The molecule has 0 spiro atoms. The number of carbonyl (C=O) groups is 2. The maximum absolute atomic E-state index is 12.9. The van der Waals surface area contributed by atoms with E-state index in [1.807, 2.05) is 54.6 Å². The van der Waals surface area contributed by atoms with E-state index in [9.17, 15) is 9.59 Å². The number of hydrogen-bond acceptors (Lipinski definition) is 5. The van der Waals surface area contributed by atoms with Crippen LogP contribution < -0.4 is 15.4 Å². The first-order chi connectivity index (χ1) is 14.6. The lowest BCUT2D eigenvalue weighted by Crippen LogP contribution is -2.45. The molecule has 2 aromatic carbocycles. The summed E-state index contributed by atoms with van der Waals surface area (Å²) in [5, 5.41) is 5.48. The van der Waals surface area contributed by atoms with Crippen LogP contribution in [0, 0.1) is 0 Å². The Morgan fingerprint density at radius 1 is 1.13 bits per heavy atom. The second-order valence-corrected chi connectivity index (χ2v) is 7.29. The SMILES string of the molecule is CC1=C(C(=O)OC[C@@H]2CCCO2)[C@@H](c2cccc(Oc3ccccc3)c2)NC(=O)N1. The summed E-state index contributed by atoms with van der Waals surface area (Å²) in [5.41, 5.74) is 1.56. The van der Waals surface area contributed by atoms with Gasteiger partial charge in [-0.15, -0.1) is 0 Å². The summed E-state index contributed by atoms with van der Waals surface area (Å²) < 4.78 is 16.9. The third kappa shape index (κ3) is 4.63. The summed E-state index contributed by atoms with van der Waals surface area (Å²) in [6.07, 6.45) is 1.78. The number of carbonyl (C=O) groups excluding carboxylic acids is 2. The topological polar surface area (TPSA) is 85.9 Å². The van der Waals surface area contributed by atoms with E-state index in [-0.39, 0.29) is 18.7 Å². The molecule has 2 N–H and O–H groups in total. The van der Waals surface area contributed by atoms with Gasteiger partial charge in [0.1, 0.15) is 18.1 Å². The standard InChI is InChI=1S/C23H24N2O5/c1-15-20(22(26)29-14-19-11-6-12-28-19)21(25-23(27)24-15)16-7-5-10-18(13-16)30-17-8-3-2-4-9-17/h2-5,7-10,13,19,21H,6,11-12,14H2,1H3,(H2,24,25,27)/t19-,21+/m0/s1. The van der Waals surface area contributed by atoms with E-state index >= 15 is 0 Å². The molecule has 0 aliphatic carbocycles. The van der Waals surface area contributed by atoms with Crippen LogP contribution >= 0.6 is 0 Å². The normalized spacial score (nSPS) is 21.0. The number of ether oxygens (including phenoxy) is 3. The molecule has 2 aliphatic rings. The molecule has 7 nitrogen and oxygen atoms in total. The Kier molecular flexibility index (Phi) is 5.99. The van der Waals surface area contributed by atoms with E-state index in [0.717, 1.165) is 18.4 Å². The highest BCUT2D eigenvalue weighted by Gasteiger charge is 2.33. The molecule has 7 heteroatoms. The van der Waals surface area contributed by atoms with Crippen LogP contribution in [0.25, 0.3) is 0 Å². The first-order valence-electron chi connectivity index (χ1n) is 10.00. The average Bonchev–Trinajstić information content (AvgIpc) is 3.26. The molecule has 0 aromatic heterocycles. The molecule has 1 fully saturated rings. The van der Waals surface area contributed by atoms with Gasteiger partial charge in [-0.25, -0.2) is 9.59 Å². The highest BCUT2D eigenvalue weighted by molar-refractivity contribution is 5.95. The van der Waals surface area contributed by atoms with Crippen LogP contribution in [-0.2, 0) is 14.3 Å². The van der Waals surface area contributed by atoms with Crippen LogP contribution in [0.2, 0.25) is 0 Å². The van der Waals surface area contributed by atoms with Crippen molar-refractivity contribution in [3.8, 4) is 11.5 Å². The van der Waals surface area contributed by atoms with Gasteiger partial charge in [0.2, 0.25) is 0 Å². The van der Waals surface area contributed by atoms with Crippen molar-refractivity contribution in [2.24, 2.45) is 0 Å². The highest BCUT2D eigenvalue weighted by atomic mass is 16.6. The fourth-order valence-corrected chi connectivity index (χ4v) is 3.62. The lowest BCUT2D eigenvalue weighted by molar-refractivity contribution is -0.142. The Bertz CT molecular complexity index is 951. The fraction of sp³-hybridized carbons (Fsp3) is 0.304. The maximum atomic E-state index is 12.9. The van der Waals surface area contributed by atoms with Crippen molar-refractivity contribution in [3.05, 3.63) is 71.4 Å². The lowest BCUT2D eigenvalue weighted by Gasteiger charge is -2.28. The first-order valence-corrected chi connectivity index (χ1v) is 10.00. The molecule has 0 unspecified atom stereocenters. The van der Waals surface area contributed by atoms with Gasteiger partial charge in [0, 0.05) is 12.3 Å². The lowest BCUT2D eigenvalue weighted by atomic mass is 9.95. The van der Waals surface area contributed by atoms with Crippen molar-refractivity contribution in [1.82, 2.24) is 10.6 Å². The molecule has 2 amide bonds. The number of urea groups is 1. The van der Waals surface area contributed by atoms with Crippen molar-refractivity contribution in [3.63, 3.8) is 0 Å².